The van der Waals surface area contributed by atoms with Gasteiger partial charge in [0, 0.05) is 39.3 Å². The summed E-state index contributed by atoms with van der Waals surface area (Å²) in [6, 6.07) is 10.8. The van der Waals surface area contributed by atoms with Crippen molar-refractivity contribution in [3.05, 3.63) is 35.9 Å². The molecule has 1 heterocycles. The Hall–Kier alpha value is -0.860. The number of benzene rings is 1. The summed E-state index contributed by atoms with van der Waals surface area (Å²) in [6.07, 6.45) is 5.87. The summed E-state index contributed by atoms with van der Waals surface area (Å²) in [5.41, 5.74) is 1.84. The molecule has 1 saturated heterocycles. The highest BCUT2D eigenvalue weighted by Crippen LogP contribution is 2.47. The summed E-state index contributed by atoms with van der Waals surface area (Å²) >= 11 is 0. The monoisotopic (exact) mass is 487 g/mol. The van der Waals surface area contributed by atoms with E-state index in [-0.39, 0.29) is 24.0 Å². The van der Waals surface area contributed by atoms with Gasteiger partial charge in [0.25, 0.3) is 0 Å². The molecule has 0 bridgehead atoms. The van der Waals surface area contributed by atoms with Gasteiger partial charge in [0.2, 0.25) is 0 Å². The molecule has 2 fully saturated rings. The minimum absolute atomic E-state index is 0. The van der Waals surface area contributed by atoms with Crippen LogP contribution in [0.3, 0.4) is 0 Å². The minimum Gasteiger partial charge on any atom is -0.381 e. The highest BCUT2D eigenvalue weighted by Gasteiger charge is 2.42. The zero-order valence-corrected chi connectivity index (χ0v) is 18.7. The number of halogens is 1. The molecule has 3 rings (SSSR count). The van der Waals surface area contributed by atoms with Gasteiger partial charge in [0.15, 0.2) is 5.96 Å². The molecule has 1 unspecified atom stereocenters. The molecular formula is C21H34IN3O2. The number of aliphatic imine (C=N–C) groups is 1. The molecule has 27 heavy (non-hydrogen) atoms. The second-order valence-electron chi connectivity index (χ2n) is 7.67. The van der Waals surface area contributed by atoms with Gasteiger partial charge in [-0.2, -0.15) is 0 Å². The maximum atomic E-state index is 5.74. The van der Waals surface area contributed by atoms with E-state index in [4.69, 9.17) is 9.47 Å². The quantitative estimate of drug-likeness (QED) is 0.230. The van der Waals surface area contributed by atoms with Gasteiger partial charge in [-0.3, -0.25) is 4.99 Å². The Balaban J connectivity index is 0.00000261. The fourth-order valence-electron chi connectivity index (χ4n) is 3.46. The zero-order valence-electron chi connectivity index (χ0n) is 16.4. The van der Waals surface area contributed by atoms with E-state index in [9.17, 15) is 0 Å². The average molecular weight is 487 g/mol. The van der Waals surface area contributed by atoms with Gasteiger partial charge in [0.05, 0.1) is 13.2 Å². The fourth-order valence-corrected chi connectivity index (χ4v) is 3.46. The van der Waals surface area contributed by atoms with Crippen LogP contribution in [-0.4, -0.2) is 52.5 Å². The second kappa shape index (κ2) is 11.9. The molecule has 1 saturated carbocycles. The van der Waals surface area contributed by atoms with Crippen LogP contribution in [0.4, 0.5) is 0 Å². The number of nitrogens with one attached hydrogen (secondary N) is 2. The van der Waals surface area contributed by atoms with Gasteiger partial charge in [-0.05, 0) is 43.1 Å². The van der Waals surface area contributed by atoms with Crippen molar-refractivity contribution in [2.45, 2.75) is 32.1 Å². The molecule has 0 aromatic heterocycles. The van der Waals surface area contributed by atoms with Crippen molar-refractivity contribution in [2.75, 3.05) is 46.6 Å². The lowest BCUT2D eigenvalue weighted by Crippen LogP contribution is -2.41. The van der Waals surface area contributed by atoms with Crippen LogP contribution in [0.25, 0.3) is 0 Å². The molecule has 1 aliphatic carbocycles. The molecular weight excluding hydrogens is 453 g/mol. The molecule has 2 aliphatic rings. The fraction of sp³-hybridized carbons (Fsp3) is 0.667. The molecule has 0 spiro atoms. The topological polar surface area (TPSA) is 54.9 Å². The maximum absolute atomic E-state index is 5.74. The normalized spacial score (nSPS) is 20.8. The van der Waals surface area contributed by atoms with Crippen molar-refractivity contribution in [3.63, 3.8) is 0 Å². The number of nitrogens with zero attached hydrogens (tertiary/aromatic N) is 1. The van der Waals surface area contributed by atoms with E-state index >= 15 is 0 Å². The Bertz CT molecular complexity index is 558. The van der Waals surface area contributed by atoms with Crippen molar-refractivity contribution in [2.24, 2.45) is 16.3 Å². The number of rotatable bonds is 10. The number of guanidine groups is 1. The second-order valence-corrected chi connectivity index (χ2v) is 7.67. The van der Waals surface area contributed by atoms with Gasteiger partial charge < -0.3 is 20.1 Å². The summed E-state index contributed by atoms with van der Waals surface area (Å²) in [7, 11) is 1.84. The molecule has 6 heteroatoms. The third-order valence-corrected chi connectivity index (χ3v) is 5.37. The van der Waals surface area contributed by atoms with Crippen molar-refractivity contribution in [1.29, 1.82) is 0 Å². The van der Waals surface area contributed by atoms with Gasteiger partial charge in [-0.15, -0.1) is 24.0 Å². The smallest absolute Gasteiger partial charge is 0.190 e. The first-order valence-corrected chi connectivity index (χ1v) is 9.94. The van der Waals surface area contributed by atoms with Crippen molar-refractivity contribution >= 4 is 29.9 Å². The van der Waals surface area contributed by atoms with Crippen molar-refractivity contribution in [3.8, 4) is 0 Å². The summed E-state index contributed by atoms with van der Waals surface area (Å²) in [5, 5.41) is 6.91. The van der Waals surface area contributed by atoms with Crippen LogP contribution in [0.15, 0.2) is 35.3 Å². The lowest BCUT2D eigenvalue weighted by molar-refractivity contribution is 0.0888. The maximum Gasteiger partial charge on any atom is 0.190 e. The number of hydrogen-bond donors (Lipinski definition) is 2. The lowest BCUT2D eigenvalue weighted by atomic mass is 9.96. The van der Waals surface area contributed by atoms with Crippen LogP contribution in [-0.2, 0) is 15.9 Å². The first kappa shape index (κ1) is 22.4. The Labute approximate surface area is 180 Å². The van der Waals surface area contributed by atoms with Crippen LogP contribution in [0.5, 0.6) is 0 Å². The van der Waals surface area contributed by atoms with E-state index in [2.05, 4.69) is 46.0 Å². The van der Waals surface area contributed by atoms with Gasteiger partial charge in [-0.1, -0.05) is 30.3 Å². The van der Waals surface area contributed by atoms with Crippen LogP contribution < -0.4 is 10.6 Å². The Morgan fingerprint density at radius 3 is 2.74 bits per heavy atom. The highest BCUT2D eigenvalue weighted by molar-refractivity contribution is 14.0. The van der Waals surface area contributed by atoms with E-state index in [1.54, 1.807) is 0 Å². The number of hydrogen-bond acceptors (Lipinski definition) is 3. The molecule has 1 aromatic rings. The van der Waals surface area contributed by atoms with Crippen LogP contribution in [0, 0.1) is 11.3 Å². The molecule has 0 amide bonds. The summed E-state index contributed by atoms with van der Waals surface area (Å²) in [4.78, 5) is 4.34. The third-order valence-electron chi connectivity index (χ3n) is 5.37. The molecule has 1 aromatic carbocycles. The predicted octanol–water partition coefficient (Wildman–Crippen LogP) is 3.24. The molecule has 5 nitrogen and oxygen atoms in total. The van der Waals surface area contributed by atoms with E-state index in [0.29, 0.717) is 11.3 Å². The number of ether oxygens (including phenoxy) is 2. The van der Waals surface area contributed by atoms with E-state index in [0.717, 1.165) is 64.7 Å². The molecule has 152 valence electrons. The predicted molar refractivity (Wildman–Crippen MR) is 121 cm³/mol. The molecule has 1 aliphatic heterocycles. The van der Waals surface area contributed by atoms with Gasteiger partial charge in [-0.25, -0.2) is 0 Å². The summed E-state index contributed by atoms with van der Waals surface area (Å²) < 4.78 is 11.1. The minimum atomic E-state index is 0. The molecule has 2 N–H and O–H groups in total. The Kier molecular flexibility index (Phi) is 9.86. The first-order chi connectivity index (χ1) is 12.8. The third kappa shape index (κ3) is 7.95. The standard InChI is InChI=1S/C21H33N3O2.HI/c1-22-20(23-11-5-12-25-15-19-8-13-26-16-19)24-17-21(9-10-21)14-18-6-3-2-4-7-18;/h2-4,6-7,19H,5,8-17H2,1H3,(H2,22,23,24);1H. The highest BCUT2D eigenvalue weighted by atomic mass is 127. The SMILES string of the molecule is CN=C(NCCCOCC1CCOC1)NCC1(Cc2ccccc2)CC1.I. The lowest BCUT2D eigenvalue weighted by Gasteiger charge is -2.19. The summed E-state index contributed by atoms with van der Waals surface area (Å²) in [6.45, 7) is 5.24. The Morgan fingerprint density at radius 1 is 1.26 bits per heavy atom. The van der Waals surface area contributed by atoms with Crippen molar-refractivity contribution in [1.82, 2.24) is 10.6 Å². The molecule has 0 radical (unpaired) electrons. The van der Waals surface area contributed by atoms with Gasteiger partial charge in [0.1, 0.15) is 0 Å². The summed E-state index contributed by atoms with van der Waals surface area (Å²) in [5.74, 6) is 1.49. The van der Waals surface area contributed by atoms with Crippen LogP contribution in [0.2, 0.25) is 0 Å². The average Bonchev–Trinajstić information content (AvgIpc) is 3.22. The molecule has 1 atom stereocenters. The van der Waals surface area contributed by atoms with E-state index < -0.39 is 0 Å². The largest absolute Gasteiger partial charge is 0.381 e. The van der Waals surface area contributed by atoms with Gasteiger partial charge >= 0.3 is 0 Å². The van der Waals surface area contributed by atoms with Crippen LogP contribution in [0.1, 0.15) is 31.2 Å². The van der Waals surface area contributed by atoms with Crippen molar-refractivity contribution < 1.29 is 9.47 Å². The first-order valence-electron chi connectivity index (χ1n) is 9.94. The van der Waals surface area contributed by atoms with Crippen LogP contribution >= 0.6 is 24.0 Å². The van der Waals surface area contributed by atoms with E-state index in [1.807, 2.05) is 7.05 Å². The zero-order chi connectivity index (χ0) is 18.1. The Morgan fingerprint density at radius 2 is 2.07 bits per heavy atom. The van der Waals surface area contributed by atoms with E-state index in [1.165, 1.54) is 18.4 Å².